The first-order valence-electron chi connectivity index (χ1n) is 11.3. The topological polar surface area (TPSA) is 140 Å². The number of amides is 4. The van der Waals surface area contributed by atoms with E-state index in [0.29, 0.717) is 37.3 Å². The number of hydrogen-bond donors (Lipinski definition) is 2. The van der Waals surface area contributed by atoms with Gasteiger partial charge in [-0.3, -0.25) is 19.7 Å². The van der Waals surface area contributed by atoms with Gasteiger partial charge in [0.05, 0.1) is 26.7 Å². The molecule has 0 aliphatic carbocycles. The van der Waals surface area contributed by atoms with Crippen LogP contribution in [0.15, 0.2) is 75.3 Å². The predicted octanol–water partition coefficient (Wildman–Crippen LogP) is 5.24. The Kier molecular flexibility index (Phi) is 8.62. The Hall–Kier alpha value is -4.23. The van der Waals surface area contributed by atoms with Gasteiger partial charge in [-0.15, -0.1) is 0 Å². The molecule has 1 heterocycles. The minimum Gasteiger partial charge on any atom is -0.495 e. The molecular formula is C26H20Br2N4O7. The van der Waals surface area contributed by atoms with Crippen molar-refractivity contribution >= 4 is 67.2 Å². The number of imide groups is 1. The number of non-ortho nitro benzene ring substituents is 1. The first-order valence-corrected chi connectivity index (χ1v) is 12.9. The molecule has 1 fully saturated rings. The van der Waals surface area contributed by atoms with Gasteiger partial charge in [0.2, 0.25) is 5.91 Å². The van der Waals surface area contributed by atoms with Gasteiger partial charge in [0, 0.05) is 12.1 Å². The number of nitrogens with one attached hydrogen (secondary N) is 2. The number of halogens is 2. The average molecular weight is 660 g/mol. The Morgan fingerprint density at radius 3 is 2.51 bits per heavy atom. The maximum absolute atomic E-state index is 12.9. The lowest BCUT2D eigenvalue weighted by Crippen LogP contribution is -2.38. The largest absolute Gasteiger partial charge is 0.495 e. The summed E-state index contributed by atoms with van der Waals surface area (Å²) < 4.78 is 12.1. The summed E-state index contributed by atoms with van der Waals surface area (Å²) in [4.78, 5) is 49.2. The molecule has 4 amide bonds. The molecule has 2 N–H and O–H groups in total. The van der Waals surface area contributed by atoms with E-state index < -0.39 is 29.3 Å². The molecule has 4 rings (SSSR count). The number of carbonyl (C=O) groups is 3. The maximum atomic E-state index is 12.9. The van der Waals surface area contributed by atoms with E-state index in [0.717, 1.165) is 4.90 Å². The number of ether oxygens (including phenoxy) is 2. The SMILES string of the molecule is COc1ccccc1NC(=O)CN1C(=O)N/C(=C/c2cc(Br)c(OCc3cccc([N+](=O)[O-])c3)c(Br)c2)C1=O. The van der Waals surface area contributed by atoms with Gasteiger partial charge in [-0.1, -0.05) is 24.3 Å². The van der Waals surface area contributed by atoms with Crippen LogP contribution in [-0.2, 0) is 16.2 Å². The molecular weight excluding hydrogens is 640 g/mol. The molecule has 0 atom stereocenters. The Morgan fingerprint density at radius 2 is 1.82 bits per heavy atom. The molecule has 0 radical (unpaired) electrons. The molecule has 1 saturated heterocycles. The number of urea groups is 1. The molecule has 3 aromatic carbocycles. The summed E-state index contributed by atoms with van der Waals surface area (Å²) in [5.41, 5.74) is 1.54. The van der Waals surface area contributed by atoms with E-state index in [4.69, 9.17) is 9.47 Å². The lowest BCUT2D eigenvalue weighted by molar-refractivity contribution is -0.384. The van der Waals surface area contributed by atoms with Crippen molar-refractivity contribution in [3.8, 4) is 11.5 Å². The number of methoxy groups -OCH3 is 1. The van der Waals surface area contributed by atoms with Gasteiger partial charge in [-0.25, -0.2) is 9.69 Å². The molecule has 0 aromatic heterocycles. The molecule has 13 heteroatoms. The van der Waals surface area contributed by atoms with Crippen LogP contribution < -0.4 is 20.1 Å². The van der Waals surface area contributed by atoms with Crippen LogP contribution in [0, 0.1) is 10.1 Å². The minimum absolute atomic E-state index is 0.00541. The number of carbonyl (C=O) groups excluding carboxylic acids is 3. The maximum Gasteiger partial charge on any atom is 0.329 e. The minimum atomic E-state index is -0.725. The monoisotopic (exact) mass is 658 g/mol. The van der Waals surface area contributed by atoms with Crippen molar-refractivity contribution in [3.05, 3.63) is 96.5 Å². The van der Waals surface area contributed by atoms with Crippen LogP contribution in [0.1, 0.15) is 11.1 Å². The average Bonchev–Trinajstić information content (AvgIpc) is 3.15. The fourth-order valence-corrected chi connectivity index (χ4v) is 5.13. The molecule has 3 aromatic rings. The first kappa shape index (κ1) is 27.8. The van der Waals surface area contributed by atoms with Crippen LogP contribution in [0.3, 0.4) is 0 Å². The van der Waals surface area contributed by atoms with E-state index in [1.165, 1.54) is 25.3 Å². The molecule has 0 bridgehead atoms. The predicted molar refractivity (Wildman–Crippen MR) is 149 cm³/mol. The number of rotatable bonds is 9. The zero-order chi connectivity index (χ0) is 28.1. The molecule has 200 valence electrons. The highest BCUT2D eigenvalue weighted by Gasteiger charge is 2.35. The zero-order valence-corrected chi connectivity index (χ0v) is 23.4. The van der Waals surface area contributed by atoms with E-state index in [1.807, 2.05) is 0 Å². The number of anilines is 1. The molecule has 0 unspecified atom stereocenters. The van der Waals surface area contributed by atoms with Gasteiger partial charge in [-0.2, -0.15) is 0 Å². The third kappa shape index (κ3) is 6.62. The van der Waals surface area contributed by atoms with Gasteiger partial charge in [0.15, 0.2) is 0 Å². The summed E-state index contributed by atoms with van der Waals surface area (Å²) in [6.07, 6.45) is 1.47. The van der Waals surface area contributed by atoms with Crippen LogP contribution in [0.4, 0.5) is 16.2 Å². The van der Waals surface area contributed by atoms with Crippen molar-refractivity contribution in [2.75, 3.05) is 19.0 Å². The summed E-state index contributed by atoms with van der Waals surface area (Å²) in [6.45, 7) is -0.405. The molecule has 39 heavy (non-hydrogen) atoms. The molecule has 11 nitrogen and oxygen atoms in total. The third-order valence-corrected chi connectivity index (χ3v) is 6.66. The second-order valence-corrected chi connectivity index (χ2v) is 9.87. The molecule has 0 spiro atoms. The van der Waals surface area contributed by atoms with Crippen molar-refractivity contribution in [2.45, 2.75) is 6.61 Å². The number of nitro groups is 1. The lowest BCUT2D eigenvalue weighted by atomic mass is 10.1. The summed E-state index contributed by atoms with van der Waals surface area (Å²) >= 11 is 6.87. The number of nitro benzene ring substituents is 1. The van der Waals surface area contributed by atoms with Gasteiger partial charge >= 0.3 is 6.03 Å². The van der Waals surface area contributed by atoms with E-state index >= 15 is 0 Å². The summed E-state index contributed by atoms with van der Waals surface area (Å²) in [7, 11) is 1.46. The van der Waals surface area contributed by atoms with Crippen molar-refractivity contribution in [2.24, 2.45) is 0 Å². The molecule has 1 aliphatic rings. The molecule has 1 aliphatic heterocycles. The number of hydrogen-bond acceptors (Lipinski definition) is 7. The van der Waals surface area contributed by atoms with Crippen molar-refractivity contribution < 1.29 is 28.8 Å². The highest BCUT2D eigenvalue weighted by Crippen LogP contribution is 2.36. The van der Waals surface area contributed by atoms with E-state index in [-0.39, 0.29) is 18.0 Å². The third-order valence-electron chi connectivity index (χ3n) is 5.48. The highest BCUT2D eigenvalue weighted by molar-refractivity contribution is 9.11. The van der Waals surface area contributed by atoms with Gasteiger partial charge < -0.3 is 20.1 Å². The Balaban J connectivity index is 1.44. The normalized spacial score (nSPS) is 13.8. The Morgan fingerprint density at radius 1 is 1.10 bits per heavy atom. The van der Waals surface area contributed by atoms with E-state index in [1.54, 1.807) is 48.5 Å². The van der Waals surface area contributed by atoms with Crippen molar-refractivity contribution in [1.82, 2.24) is 10.2 Å². The first-order chi connectivity index (χ1) is 18.7. The second-order valence-electron chi connectivity index (χ2n) is 8.16. The van der Waals surface area contributed by atoms with Crippen LogP contribution in [0.5, 0.6) is 11.5 Å². The number of para-hydroxylation sites is 2. The fraction of sp³-hybridized carbons (Fsp3) is 0.115. The fourth-order valence-electron chi connectivity index (χ4n) is 3.68. The summed E-state index contributed by atoms with van der Waals surface area (Å²) in [6, 6.07) is 15.5. The van der Waals surface area contributed by atoms with Crippen LogP contribution in [0.2, 0.25) is 0 Å². The summed E-state index contributed by atoms with van der Waals surface area (Å²) in [5, 5.41) is 16.1. The smallest absolute Gasteiger partial charge is 0.329 e. The van der Waals surface area contributed by atoms with Gasteiger partial charge in [0.25, 0.3) is 11.6 Å². The number of benzene rings is 3. The van der Waals surface area contributed by atoms with Crippen LogP contribution in [-0.4, -0.2) is 41.3 Å². The quantitative estimate of drug-likeness (QED) is 0.139. The van der Waals surface area contributed by atoms with Crippen LogP contribution in [0.25, 0.3) is 6.08 Å². The van der Waals surface area contributed by atoms with Crippen molar-refractivity contribution in [3.63, 3.8) is 0 Å². The lowest BCUT2D eigenvalue weighted by Gasteiger charge is -2.13. The standard InChI is InChI=1S/C26H20Br2N4O7/c1-38-22-8-3-2-7-20(22)29-23(33)13-31-25(34)21(30-26(31)35)12-16-10-18(27)24(19(28)11-16)39-14-15-5-4-6-17(9-15)32(36)37/h2-12H,13-14H2,1H3,(H,29,33)(H,30,35)/b21-12+. The Labute approximate surface area is 239 Å². The van der Waals surface area contributed by atoms with Crippen molar-refractivity contribution in [1.29, 1.82) is 0 Å². The van der Waals surface area contributed by atoms with Crippen LogP contribution >= 0.6 is 31.9 Å². The second kappa shape index (κ2) is 12.1. The van der Waals surface area contributed by atoms with E-state index in [9.17, 15) is 24.5 Å². The zero-order valence-electron chi connectivity index (χ0n) is 20.3. The van der Waals surface area contributed by atoms with Gasteiger partial charge in [0.1, 0.15) is 30.3 Å². The van der Waals surface area contributed by atoms with Gasteiger partial charge in [-0.05, 0) is 73.3 Å². The highest BCUT2D eigenvalue weighted by atomic mass is 79.9. The number of nitrogens with zero attached hydrogens (tertiary/aromatic N) is 2. The molecule has 0 saturated carbocycles. The summed E-state index contributed by atoms with van der Waals surface area (Å²) in [5.74, 6) is -0.342. The van der Waals surface area contributed by atoms with E-state index in [2.05, 4.69) is 42.5 Å². The Bertz CT molecular complexity index is 1490.